The third kappa shape index (κ3) is 11.5. The van der Waals surface area contributed by atoms with Crippen molar-refractivity contribution in [1.29, 1.82) is 5.26 Å². The topological polar surface area (TPSA) is 240 Å². The second-order valence-corrected chi connectivity index (χ2v) is 14.5. The van der Waals surface area contributed by atoms with Gasteiger partial charge >= 0.3 is 17.1 Å². The van der Waals surface area contributed by atoms with Gasteiger partial charge in [0.15, 0.2) is 0 Å². The summed E-state index contributed by atoms with van der Waals surface area (Å²) in [5.41, 5.74) is -2.33. The number of aliphatic hydroxyl groups excluding tert-OH is 2. The van der Waals surface area contributed by atoms with Gasteiger partial charge in [-0.25, -0.2) is 4.94 Å². The molecule has 16 heteroatoms. The number of hydrogen-bond acceptors (Lipinski definition) is 14. The van der Waals surface area contributed by atoms with Gasteiger partial charge in [0.2, 0.25) is 0 Å². The molecule has 0 saturated carbocycles. The number of benzene rings is 4. The van der Waals surface area contributed by atoms with Gasteiger partial charge in [0.25, 0.3) is 0 Å². The molecule has 0 fully saturated rings. The van der Waals surface area contributed by atoms with Crippen LogP contribution >= 0.6 is 7.26 Å². The number of nitrogens with zero attached hydrogens (tertiary/aromatic N) is 3. The van der Waals surface area contributed by atoms with E-state index >= 15 is 0 Å². The van der Waals surface area contributed by atoms with Crippen LogP contribution in [0.15, 0.2) is 115 Å². The van der Waals surface area contributed by atoms with E-state index in [1.54, 1.807) is 0 Å². The maximum absolute atomic E-state index is 11.5. The Balaban J connectivity index is 0.000000362. The van der Waals surface area contributed by atoms with Gasteiger partial charge in [-0.05, 0) is 60.7 Å². The molecule has 4 aromatic carbocycles. The summed E-state index contributed by atoms with van der Waals surface area (Å²) in [5, 5.41) is 76.9. The van der Waals surface area contributed by atoms with Crippen LogP contribution in [0.2, 0.25) is 0 Å². The molecule has 0 atom stereocenters. The Kier molecular flexibility index (Phi) is 17.9. The second-order valence-electron chi connectivity index (χ2n) is 11.1. The Hall–Kier alpha value is -5.00. The summed E-state index contributed by atoms with van der Waals surface area (Å²) >= 11 is 0. The van der Waals surface area contributed by atoms with Crippen molar-refractivity contribution >= 4 is 52.4 Å². The van der Waals surface area contributed by atoms with Gasteiger partial charge in [0, 0.05) is 37.9 Å². The number of nitriles is 1. The first kappa shape index (κ1) is 44.2. The smallest absolute Gasteiger partial charge is 0.550 e. The molecule has 0 bridgehead atoms. The van der Waals surface area contributed by atoms with Crippen molar-refractivity contribution in [1.82, 2.24) is 10.1 Å². The molecule has 0 amide bonds. The van der Waals surface area contributed by atoms with E-state index in [9.17, 15) is 44.9 Å². The first-order chi connectivity index (χ1) is 24.9. The summed E-state index contributed by atoms with van der Waals surface area (Å²) in [6.07, 6.45) is -3.02. The van der Waals surface area contributed by atoms with E-state index in [2.05, 4.69) is 109 Å². The second kappa shape index (κ2) is 21.5. The summed E-state index contributed by atoms with van der Waals surface area (Å²) < 4.78 is 0. The fraction of sp³-hybridized carbons (Fsp3) is 0.216. The van der Waals surface area contributed by atoms with Crippen LogP contribution in [0.5, 0.6) is 0 Å². The van der Waals surface area contributed by atoms with Gasteiger partial charge in [-0.1, -0.05) is 54.6 Å². The number of carboxylic acids is 4. The molecule has 4 rings (SSSR count). The summed E-state index contributed by atoms with van der Waals surface area (Å²) in [6.45, 7) is -3.23. The van der Waals surface area contributed by atoms with Gasteiger partial charge in [0.1, 0.15) is 28.5 Å². The van der Waals surface area contributed by atoms with Crippen LogP contribution in [-0.2, 0) is 41.2 Å². The van der Waals surface area contributed by atoms with Crippen molar-refractivity contribution in [2.45, 2.75) is 18.4 Å². The van der Waals surface area contributed by atoms with E-state index in [-0.39, 0.29) is 35.2 Å². The van der Waals surface area contributed by atoms with Crippen LogP contribution in [0.4, 0.5) is 0 Å². The summed E-state index contributed by atoms with van der Waals surface area (Å²) in [5.74, 6) is -8.29. The maximum Gasteiger partial charge on any atom is 3.00 e. The fourth-order valence-electron chi connectivity index (χ4n) is 5.50. The Morgan fingerprint density at radius 1 is 0.642 bits per heavy atom. The van der Waals surface area contributed by atoms with E-state index in [1.807, 2.05) is 12.1 Å². The molecule has 0 aliphatic rings. The SMILES string of the molecule is N#Cc1ccc([P+](c2ccccc2)(c2ccccc2)c2ccccc2)cc1.O=C([O-])CN(ON(CCO)CCO)C(CC(=O)[O-])(CC(=O)[O-])C(=O)[O-].[Fe+3]. The molecule has 0 spiro atoms. The van der Waals surface area contributed by atoms with Crippen LogP contribution in [0.25, 0.3) is 0 Å². The number of carbonyl (C=O) groups excluding carboxylic acids is 4. The fourth-order valence-corrected chi connectivity index (χ4v) is 9.75. The monoisotopic (exact) mass is 784 g/mol. The average Bonchev–Trinajstić information content (AvgIpc) is 3.13. The minimum atomic E-state index is -3.01. The van der Waals surface area contributed by atoms with Crippen LogP contribution < -0.4 is 41.6 Å². The van der Waals surface area contributed by atoms with Crippen LogP contribution in [0.3, 0.4) is 0 Å². The summed E-state index contributed by atoms with van der Waals surface area (Å²) in [7, 11) is -2.05. The summed E-state index contributed by atoms with van der Waals surface area (Å²) in [4.78, 5) is 49.0. The third-order valence-electron chi connectivity index (χ3n) is 7.73. The number of carboxylic acid groups (broad SMARTS) is 4. The normalized spacial score (nSPS) is 11.1. The molecule has 14 nitrogen and oxygen atoms in total. The molecule has 277 valence electrons. The quantitative estimate of drug-likeness (QED) is 0.0558. The Morgan fingerprint density at radius 2 is 1.02 bits per heavy atom. The predicted molar refractivity (Wildman–Crippen MR) is 181 cm³/mol. The number of hydrogen-bond donors (Lipinski definition) is 2. The molecule has 0 saturated heterocycles. The van der Waals surface area contributed by atoms with Crippen molar-refractivity contribution in [2.75, 3.05) is 32.8 Å². The van der Waals surface area contributed by atoms with Crippen molar-refractivity contribution in [3.8, 4) is 6.07 Å². The average molecular weight is 785 g/mol. The summed E-state index contributed by atoms with van der Waals surface area (Å²) in [6, 6.07) is 42.6. The van der Waals surface area contributed by atoms with E-state index in [0.717, 1.165) is 0 Å². The molecule has 0 unspecified atom stereocenters. The first-order valence-electron chi connectivity index (χ1n) is 15.7. The van der Waals surface area contributed by atoms with Gasteiger partial charge in [-0.15, -0.1) is 0 Å². The minimum absolute atomic E-state index is 0. The zero-order valence-corrected chi connectivity index (χ0v) is 30.1. The first-order valence-corrected chi connectivity index (χ1v) is 17.5. The number of aliphatic hydroxyl groups is 2. The van der Waals surface area contributed by atoms with Gasteiger partial charge in [0.05, 0.1) is 48.9 Å². The number of aliphatic carboxylic acids is 4. The van der Waals surface area contributed by atoms with Crippen molar-refractivity contribution < 1.29 is 71.8 Å². The molecule has 0 aliphatic carbocycles. The van der Waals surface area contributed by atoms with Crippen LogP contribution in [0.1, 0.15) is 18.4 Å². The van der Waals surface area contributed by atoms with Gasteiger partial charge in [-0.3, -0.25) is 0 Å². The maximum atomic E-state index is 11.5. The van der Waals surface area contributed by atoms with Crippen LogP contribution in [0, 0.1) is 11.3 Å². The molecular weight excluding hydrogens is 749 g/mol. The van der Waals surface area contributed by atoms with E-state index < -0.39 is 69.3 Å². The molecule has 0 aliphatic heterocycles. The molecule has 0 aromatic heterocycles. The molecular formula is C37H35FeN3O11P. The molecule has 1 radical (unpaired) electrons. The third-order valence-corrected chi connectivity index (χ3v) is 12.0. The van der Waals surface area contributed by atoms with Crippen molar-refractivity contribution in [3.05, 3.63) is 121 Å². The Bertz CT molecular complexity index is 1690. The van der Waals surface area contributed by atoms with Crippen molar-refractivity contribution in [2.24, 2.45) is 0 Å². The standard InChI is InChI=1S/C25H19NP.C12H20N2O11.Fe/c26-20-21-16-18-25(19-17-21)27(22-10-4-1-5-11-22,23-12-6-2-7-13-23)24-14-8-3-9-15-24;15-3-1-13(2-4-16)25-14(7-10(21)22)12(11(23)24,5-8(17)18)6-9(19)20;/h1-19H;15-16H,1-7H2,(H,17,18)(H,19,20)(H,21,22)(H,23,24);/q+1;;+3/p-4. The number of rotatable bonds is 18. The van der Waals surface area contributed by atoms with E-state index in [4.69, 9.17) is 15.2 Å². The van der Waals surface area contributed by atoms with E-state index in [0.29, 0.717) is 10.6 Å². The van der Waals surface area contributed by atoms with Crippen LogP contribution in [-0.4, -0.2) is 82.6 Å². The minimum Gasteiger partial charge on any atom is -0.550 e. The Morgan fingerprint density at radius 3 is 1.32 bits per heavy atom. The zero-order valence-electron chi connectivity index (χ0n) is 28.1. The molecule has 2 N–H and O–H groups in total. The van der Waals surface area contributed by atoms with Gasteiger partial charge in [-0.2, -0.15) is 15.4 Å². The molecule has 53 heavy (non-hydrogen) atoms. The Labute approximate surface area is 316 Å². The molecule has 0 heterocycles. The zero-order chi connectivity index (χ0) is 38.1. The predicted octanol–water partition coefficient (Wildman–Crippen LogP) is -3.88. The number of carbonyl (C=O) groups is 4. The largest absolute Gasteiger partial charge is 3.00 e. The van der Waals surface area contributed by atoms with Crippen molar-refractivity contribution in [3.63, 3.8) is 0 Å². The molecule has 4 aromatic rings. The van der Waals surface area contributed by atoms with E-state index in [1.165, 1.54) is 21.2 Å². The number of hydroxylamine groups is 4. The van der Waals surface area contributed by atoms with Gasteiger partial charge < -0.3 is 49.8 Å².